The van der Waals surface area contributed by atoms with Crippen molar-refractivity contribution >= 4 is 90.9 Å². The van der Waals surface area contributed by atoms with Crippen molar-refractivity contribution in [3.8, 4) is 36.4 Å². The number of aliphatic imine (C=N–C) groups is 4. The third-order valence-corrected chi connectivity index (χ3v) is 10.0. The highest BCUT2D eigenvalue weighted by atomic mass is 15.7. The highest BCUT2D eigenvalue weighted by Gasteiger charge is 2.33. The highest BCUT2D eigenvalue weighted by molar-refractivity contribution is 6.23. The van der Waals surface area contributed by atoms with Crippen LogP contribution in [0.2, 0.25) is 0 Å². The van der Waals surface area contributed by atoms with E-state index in [0.717, 1.165) is 0 Å². The Morgan fingerprint density at radius 2 is 0.667 bits per heavy atom. The van der Waals surface area contributed by atoms with Crippen LogP contribution in [0, 0.1) is 68.0 Å². The molecule has 12 rings (SSSR count). The zero-order valence-corrected chi connectivity index (χ0v) is 31.1. The van der Waals surface area contributed by atoms with Gasteiger partial charge in [0.15, 0.2) is 114 Å². The zero-order chi connectivity index (χ0) is 43.0. The number of hydrogen-bond donors (Lipinski definition) is 1. The molecule has 8 aromatic heterocycles. The van der Waals surface area contributed by atoms with Crippen molar-refractivity contribution in [2.45, 2.75) is 13.8 Å². The van der Waals surface area contributed by atoms with Crippen LogP contribution in [0.1, 0.15) is 59.4 Å². The maximum Gasteiger partial charge on any atom is 0.199 e. The summed E-state index contributed by atoms with van der Waals surface area (Å²) in [5, 5.41) is 58.6. The molecule has 12 heterocycles. The first-order valence-electron chi connectivity index (χ1n) is 17.7. The Morgan fingerprint density at radius 3 is 1.08 bits per heavy atom. The highest BCUT2D eigenvalue weighted by Crippen LogP contribution is 2.38. The Morgan fingerprint density at radius 1 is 0.349 bits per heavy atom. The van der Waals surface area contributed by atoms with Gasteiger partial charge in [-0.25, -0.2) is 105 Å². The van der Waals surface area contributed by atoms with E-state index in [1.165, 1.54) is 9.35 Å². The summed E-state index contributed by atoms with van der Waals surface area (Å²) in [4.78, 5) is 83.2. The van der Waals surface area contributed by atoms with Gasteiger partial charge in [0.25, 0.3) is 0 Å². The van der Waals surface area contributed by atoms with Gasteiger partial charge < -0.3 is 0 Å². The molecule has 0 aromatic carbocycles. The van der Waals surface area contributed by atoms with Crippen molar-refractivity contribution in [2.75, 3.05) is 5.53 Å². The van der Waals surface area contributed by atoms with Gasteiger partial charge in [-0.15, -0.1) is 0 Å². The van der Waals surface area contributed by atoms with E-state index in [2.05, 4.69) is 45.4 Å². The lowest BCUT2D eigenvalue weighted by Gasteiger charge is -2.14. The van der Waals surface area contributed by atoms with Gasteiger partial charge in [-0.3, -0.25) is 0 Å². The number of hydrogen-bond acceptors (Lipinski definition) is 25. The van der Waals surface area contributed by atoms with Crippen molar-refractivity contribution in [1.82, 2.24) is 69.2 Å². The summed E-state index contributed by atoms with van der Waals surface area (Å²) < 4.78 is 2.77. The molecule has 0 saturated heterocycles. The molecule has 6 bridgehead atoms. The molecular weight excluding hydrogens is 811 g/mol. The van der Waals surface area contributed by atoms with E-state index >= 15 is 0 Å². The molecule has 8 aromatic rings. The smallest absolute Gasteiger partial charge is 0.199 e. The predicted molar refractivity (Wildman–Crippen MR) is 207 cm³/mol. The van der Waals surface area contributed by atoms with Crippen LogP contribution >= 0.6 is 0 Å². The predicted octanol–water partition coefficient (Wildman–Crippen LogP) is -0.0841. The van der Waals surface area contributed by atoms with E-state index in [-0.39, 0.29) is 147 Å². The molecule has 286 valence electrons. The van der Waals surface area contributed by atoms with Gasteiger partial charge in [0.2, 0.25) is 0 Å². The van der Waals surface area contributed by atoms with Gasteiger partial charge in [0.1, 0.15) is 69.9 Å². The molecule has 0 atom stereocenters. The molecular formula is C36H7N27. The quantitative estimate of drug-likeness (QED) is 0.209. The van der Waals surface area contributed by atoms with Crippen molar-refractivity contribution in [2.24, 2.45) is 30.0 Å². The topological polar surface area (TPSA) is 393 Å². The molecule has 63 heavy (non-hydrogen) atoms. The Hall–Kier alpha value is -10.9. The van der Waals surface area contributed by atoms with Crippen LogP contribution in [-0.4, -0.2) is 92.5 Å². The standard InChI is InChI=1S/C36H7N27/c1-9-10(2)24-55-23(9)57-33-19-21(53-31-29(51-19)45-13(5-39)15(7-41)47-31)35-59-25-17-18(50-28-27(49-17)43-11(3-37)12(4-38)44-28)26(56-25)60-36-22-20(34(58-24)63(36)61-62(33)35)52-30-32(54-22)48-16(8-42)14(6-40)46-30/h61H,1-2H3. The first kappa shape index (κ1) is 34.2. The monoisotopic (exact) mass is 817 g/mol. The number of nitrogens with one attached hydrogen (secondary N) is 1. The summed E-state index contributed by atoms with van der Waals surface area (Å²) >= 11 is 0. The lowest BCUT2D eigenvalue weighted by Crippen LogP contribution is -2.39. The van der Waals surface area contributed by atoms with E-state index in [9.17, 15) is 31.6 Å². The fraction of sp³-hybridized carbons (Fsp3) is 0.0556. The van der Waals surface area contributed by atoms with Gasteiger partial charge in [-0.2, -0.15) is 31.6 Å². The second-order valence-electron chi connectivity index (χ2n) is 13.4. The van der Waals surface area contributed by atoms with E-state index in [1.807, 2.05) is 36.4 Å². The van der Waals surface area contributed by atoms with Crippen molar-refractivity contribution in [1.29, 1.82) is 31.6 Å². The minimum Gasteiger partial charge on any atom is -0.223 e. The molecule has 0 fully saturated rings. The number of fused-ring (bicyclic) bond motifs is 14. The number of nitriles is 6. The third-order valence-electron chi connectivity index (χ3n) is 10.0. The minimum atomic E-state index is -0.288. The van der Waals surface area contributed by atoms with Crippen LogP contribution in [0.5, 0.6) is 0 Å². The fourth-order valence-electron chi connectivity index (χ4n) is 6.97. The number of nitrogens with zero attached hydrogens (tertiary/aromatic N) is 26. The Labute approximate surface area is 344 Å². The normalized spacial score (nSPS) is 14.2. The molecule has 4 aliphatic heterocycles. The molecule has 0 radical (unpaired) electrons. The van der Waals surface area contributed by atoms with Crippen molar-refractivity contribution in [3.63, 3.8) is 0 Å². The Kier molecular flexibility index (Phi) is 6.42. The summed E-state index contributed by atoms with van der Waals surface area (Å²) in [7, 11) is 0. The SMILES string of the molecule is CC1=C(C)C2=Nc3c4nc5nc(C#N)c(C#N)nc5nc4c4n3Nn3c(c5nc6nc(C#N)c(C#N)nc6nc5c3=NC3=NC(=N4)c4nc5nc(C#N)c(C#N)nc5nc43)=NC1=N2. The molecule has 0 unspecified atom stereocenters. The summed E-state index contributed by atoms with van der Waals surface area (Å²) in [5.41, 5.74) is 2.57. The van der Waals surface area contributed by atoms with E-state index in [0.29, 0.717) is 11.1 Å². The van der Waals surface area contributed by atoms with Crippen molar-refractivity contribution in [3.05, 3.63) is 67.7 Å². The summed E-state index contributed by atoms with van der Waals surface area (Å²) in [6.45, 7) is 3.61. The second kappa shape index (κ2) is 11.8. The molecule has 1 N–H and O–H groups in total. The lowest BCUT2D eigenvalue weighted by molar-refractivity contribution is 0.710. The largest absolute Gasteiger partial charge is 0.223 e. The molecule has 4 aliphatic rings. The Balaban J connectivity index is 1.30. The fourth-order valence-corrected chi connectivity index (χ4v) is 6.97. The van der Waals surface area contributed by atoms with Crippen LogP contribution in [0.3, 0.4) is 0 Å². The van der Waals surface area contributed by atoms with Gasteiger partial charge in [-0.1, -0.05) is 0 Å². The molecule has 0 spiro atoms. The second-order valence-corrected chi connectivity index (χ2v) is 13.4. The summed E-state index contributed by atoms with van der Waals surface area (Å²) in [5.74, 6) is 0.322. The maximum absolute atomic E-state index is 9.79. The summed E-state index contributed by atoms with van der Waals surface area (Å²) in [6.07, 6.45) is 0. The first-order valence-corrected chi connectivity index (χ1v) is 17.7. The Bertz CT molecular complexity index is 4270. The summed E-state index contributed by atoms with van der Waals surface area (Å²) in [6, 6.07) is 11.1. The van der Waals surface area contributed by atoms with E-state index in [4.69, 9.17) is 49.9 Å². The van der Waals surface area contributed by atoms with Crippen LogP contribution < -0.4 is 16.5 Å². The maximum atomic E-state index is 9.79. The van der Waals surface area contributed by atoms with Crippen LogP contribution in [0.15, 0.2) is 41.1 Å². The minimum absolute atomic E-state index is 0.0238. The van der Waals surface area contributed by atoms with E-state index in [1.54, 1.807) is 13.8 Å². The van der Waals surface area contributed by atoms with E-state index < -0.39 is 0 Å². The molecule has 0 saturated carbocycles. The average molecular weight is 818 g/mol. The molecule has 0 aliphatic carbocycles. The van der Waals surface area contributed by atoms with Crippen molar-refractivity contribution < 1.29 is 0 Å². The first-order chi connectivity index (χ1) is 30.7. The van der Waals surface area contributed by atoms with Crippen LogP contribution in [-0.2, 0) is 0 Å². The van der Waals surface area contributed by atoms with Gasteiger partial charge in [0, 0.05) is 11.1 Å². The molecule has 0 amide bonds. The van der Waals surface area contributed by atoms with Crippen LogP contribution in [0.25, 0.3) is 55.9 Å². The molecule has 27 nitrogen and oxygen atoms in total. The van der Waals surface area contributed by atoms with Gasteiger partial charge in [-0.05, 0) is 13.8 Å². The number of aromatic nitrogens is 14. The van der Waals surface area contributed by atoms with Gasteiger partial charge in [0.05, 0.1) is 0 Å². The average Bonchev–Trinajstić information content (AvgIpc) is 3.96. The number of rotatable bonds is 0. The lowest BCUT2D eigenvalue weighted by atomic mass is 10.2. The van der Waals surface area contributed by atoms with Crippen LogP contribution in [0.4, 0.5) is 11.6 Å². The number of amidine groups is 4. The molecule has 27 heteroatoms. The third kappa shape index (κ3) is 4.52. The van der Waals surface area contributed by atoms with Gasteiger partial charge >= 0.3 is 0 Å². The zero-order valence-electron chi connectivity index (χ0n) is 31.1.